The molecule has 5 rings (SSSR count). The van der Waals surface area contributed by atoms with E-state index in [0.717, 1.165) is 4.90 Å². The number of rotatable bonds is 3. The van der Waals surface area contributed by atoms with Crippen LogP contribution in [0.15, 0.2) is 66.7 Å². The second-order valence-electron chi connectivity index (χ2n) is 7.62. The van der Waals surface area contributed by atoms with E-state index in [1.54, 1.807) is 42.5 Å². The number of amides is 3. The van der Waals surface area contributed by atoms with Crippen LogP contribution in [0.2, 0.25) is 0 Å². The lowest BCUT2D eigenvalue weighted by Gasteiger charge is -2.24. The standard InChI is InChI=1S/C25H16N2O5/c1-13(27-24(31)16-9-4-5-10-17(16)25(27)32)23(30)26-19-12-6-11-18-20(19)22(29)15-8-3-2-7-14(15)21(18)28/h2-13H,1H3,(H,26,30). The first kappa shape index (κ1) is 19.6. The Kier molecular flexibility index (Phi) is 4.34. The van der Waals surface area contributed by atoms with Gasteiger partial charge in [0.2, 0.25) is 5.91 Å². The molecule has 1 atom stereocenters. The summed E-state index contributed by atoms with van der Waals surface area (Å²) in [5.41, 5.74) is 1.51. The minimum atomic E-state index is -1.13. The number of carbonyl (C=O) groups excluding carboxylic acids is 5. The zero-order valence-electron chi connectivity index (χ0n) is 16.9. The smallest absolute Gasteiger partial charge is 0.262 e. The van der Waals surface area contributed by atoms with Gasteiger partial charge in [-0.05, 0) is 25.1 Å². The van der Waals surface area contributed by atoms with Gasteiger partial charge in [0.15, 0.2) is 11.6 Å². The fraction of sp³-hybridized carbons (Fsp3) is 0.0800. The highest BCUT2D eigenvalue weighted by atomic mass is 16.2. The maximum Gasteiger partial charge on any atom is 0.262 e. The van der Waals surface area contributed by atoms with Crippen molar-refractivity contribution in [1.29, 1.82) is 0 Å². The number of carbonyl (C=O) groups is 5. The van der Waals surface area contributed by atoms with Crippen molar-refractivity contribution in [3.63, 3.8) is 0 Å². The van der Waals surface area contributed by atoms with Gasteiger partial charge in [-0.2, -0.15) is 0 Å². The second-order valence-corrected chi connectivity index (χ2v) is 7.62. The third-order valence-corrected chi connectivity index (χ3v) is 5.80. The van der Waals surface area contributed by atoms with Crippen molar-refractivity contribution >= 4 is 35.0 Å². The normalized spacial score (nSPS) is 15.2. The molecule has 0 bridgehead atoms. The van der Waals surface area contributed by atoms with Crippen LogP contribution in [-0.4, -0.2) is 40.2 Å². The quantitative estimate of drug-likeness (QED) is 0.510. The predicted molar refractivity (Wildman–Crippen MR) is 115 cm³/mol. The zero-order valence-corrected chi connectivity index (χ0v) is 16.9. The largest absolute Gasteiger partial charge is 0.324 e. The van der Waals surface area contributed by atoms with Gasteiger partial charge in [0.05, 0.1) is 22.4 Å². The molecule has 1 N–H and O–H groups in total. The summed E-state index contributed by atoms with van der Waals surface area (Å²) in [5, 5.41) is 2.64. The number of nitrogens with one attached hydrogen (secondary N) is 1. The fourth-order valence-corrected chi connectivity index (χ4v) is 4.16. The minimum absolute atomic E-state index is 0.0964. The topological polar surface area (TPSA) is 101 Å². The Morgan fingerprint density at radius 1 is 0.688 bits per heavy atom. The lowest BCUT2D eigenvalue weighted by molar-refractivity contribution is -0.119. The second kappa shape index (κ2) is 7.09. The molecule has 3 aromatic rings. The van der Waals surface area contributed by atoms with Crippen LogP contribution in [0.3, 0.4) is 0 Å². The molecular weight excluding hydrogens is 408 g/mol. The average molecular weight is 424 g/mol. The van der Waals surface area contributed by atoms with Crippen molar-refractivity contribution in [2.75, 3.05) is 5.32 Å². The average Bonchev–Trinajstić information content (AvgIpc) is 3.07. The number of ketones is 2. The Labute approximate surface area is 182 Å². The van der Waals surface area contributed by atoms with Gasteiger partial charge >= 0.3 is 0 Å². The van der Waals surface area contributed by atoms with Gasteiger partial charge in [0.25, 0.3) is 11.8 Å². The molecule has 1 aliphatic heterocycles. The van der Waals surface area contributed by atoms with Gasteiger partial charge < -0.3 is 5.32 Å². The Bertz CT molecular complexity index is 1340. The third-order valence-electron chi connectivity index (χ3n) is 5.80. The molecular formula is C25H16N2O5. The summed E-state index contributed by atoms with van der Waals surface area (Å²) < 4.78 is 0. The van der Waals surface area contributed by atoms with Crippen LogP contribution in [-0.2, 0) is 4.79 Å². The SMILES string of the molecule is CC(C(=O)Nc1cccc2c1C(=O)c1ccccc1C2=O)N1C(=O)c2ccccc2C1=O. The van der Waals surface area contributed by atoms with E-state index in [1.807, 2.05) is 0 Å². The Balaban J connectivity index is 1.47. The molecule has 0 aromatic heterocycles. The van der Waals surface area contributed by atoms with E-state index in [-0.39, 0.29) is 45.1 Å². The number of imide groups is 1. The predicted octanol–water partition coefficient (Wildman–Crippen LogP) is 3.09. The van der Waals surface area contributed by atoms with Gasteiger partial charge in [-0.3, -0.25) is 28.9 Å². The number of nitrogens with zero attached hydrogens (tertiary/aromatic N) is 1. The summed E-state index contributed by atoms with van der Waals surface area (Å²) in [6.45, 7) is 1.44. The highest BCUT2D eigenvalue weighted by Gasteiger charge is 2.41. The van der Waals surface area contributed by atoms with Crippen LogP contribution in [0.4, 0.5) is 5.69 Å². The van der Waals surface area contributed by atoms with Crippen molar-refractivity contribution in [1.82, 2.24) is 4.90 Å². The zero-order chi connectivity index (χ0) is 22.6. The molecule has 0 radical (unpaired) electrons. The maximum absolute atomic E-state index is 13.1. The number of anilines is 1. The van der Waals surface area contributed by atoms with Crippen LogP contribution in [0.25, 0.3) is 0 Å². The van der Waals surface area contributed by atoms with E-state index in [9.17, 15) is 24.0 Å². The Morgan fingerprint density at radius 2 is 1.19 bits per heavy atom. The molecule has 7 nitrogen and oxygen atoms in total. The molecule has 3 aromatic carbocycles. The van der Waals surface area contributed by atoms with E-state index in [2.05, 4.69) is 5.32 Å². The molecule has 1 aliphatic carbocycles. The lowest BCUT2D eigenvalue weighted by atomic mass is 9.83. The van der Waals surface area contributed by atoms with Crippen LogP contribution >= 0.6 is 0 Å². The number of hydrogen-bond acceptors (Lipinski definition) is 5. The first-order valence-electron chi connectivity index (χ1n) is 9.99. The summed E-state index contributed by atoms with van der Waals surface area (Å²) in [6, 6.07) is 16.4. The summed E-state index contributed by atoms with van der Waals surface area (Å²) in [4.78, 5) is 65.3. The lowest BCUT2D eigenvalue weighted by Crippen LogP contribution is -2.45. The van der Waals surface area contributed by atoms with Gasteiger partial charge in [-0.25, -0.2) is 0 Å². The summed E-state index contributed by atoms with van der Waals surface area (Å²) in [6.07, 6.45) is 0. The van der Waals surface area contributed by atoms with E-state index in [0.29, 0.717) is 5.56 Å². The monoisotopic (exact) mass is 424 g/mol. The molecule has 1 heterocycles. The summed E-state index contributed by atoms with van der Waals surface area (Å²) in [7, 11) is 0. The molecule has 0 saturated carbocycles. The molecule has 7 heteroatoms. The molecule has 0 saturated heterocycles. The van der Waals surface area contributed by atoms with Crippen molar-refractivity contribution in [2.45, 2.75) is 13.0 Å². The number of benzene rings is 3. The molecule has 32 heavy (non-hydrogen) atoms. The molecule has 156 valence electrons. The van der Waals surface area contributed by atoms with Crippen LogP contribution in [0, 0.1) is 0 Å². The molecule has 3 amide bonds. The maximum atomic E-state index is 13.1. The van der Waals surface area contributed by atoms with Crippen LogP contribution < -0.4 is 5.32 Å². The number of fused-ring (bicyclic) bond motifs is 3. The molecule has 2 aliphatic rings. The van der Waals surface area contributed by atoms with Crippen molar-refractivity contribution < 1.29 is 24.0 Å². The molecule has 0 fully saturated rings. The Morgan fingerprint density at radius 3 is 1.78 bits per heavy atom. The fourth-order valence-electron chi connectivity index (χ4n) is 4.16. The first-order chi connectivity index (χ1) is 15.4. The molecule has 0 spiro atoms. The van der Waals surface area contributed by atoms with Gasteiger partial charge in [-0.15, -0.1) is 0 Å². The summed E-state index contributed by atoms with van der Waals surface area (Å²) in [5.74, 6) is -2.43. The van der Waals surface area contributed by atoms with Crippen molar-refractivity contribution in [2.24, 2.45) is 0 Å². The summed E-state index contributed by atoms with van der Waals surface area (Å²) >= 11 is 0. The third kappa shape index (κ3) is 2.71. The van der Waals surface area contributed by atoms with E-state index < -0.39 is 23.8 Å². The van der Waals surface area contributed by atoms with Crippen molar-refractivity contribution in [3.05, 3.63) is 100 Å². The van der Waals surface area contributed by atoms with Gasteiger partial charge in [0, 0.05) is 16.7 Å². The van der Waals surface area contributed by atoms with Crippen LogP contribution in [0.1, 0.15) is 59.5 Å². The van der Waals surface area contributed by atoms with Gasteiger partial charge in [-0.1, -0.05) is 48.5 Å². The van der Waals surface area contributed by atoms with E-state index in [4.69, 9.17) is 0 Å². The van der Waals surface area contributed by atoms with E-state index >= 15 is 0 Å². The number of hydrogen-bond donors (Lipinski definition) is 1. The highest BCUT2D eigenvalue weighted by molar-refractivity contribution is 6.30. The first-order valence-corrected chi connectivity index (χ1v) is 9.99. The van der Waals surface area contributed by atoms with Crippen LogP contribution in [0.5, 0.6) is 0 Å². The van der Waals surface area contributed by atoms with E-state index in [1.165, 1.54) is 31.2 Å². The van der Waals surface area contributed by atoms with Gasteiger partial charge in [0.1, 0.15) is 6.04 Å². The van der Waals surface area contributed by atoms with Crippen molar-refractivity contribution in [3.8, 4) is 0 Å². The Hall–Kier alpha value is -4.39. The minimum Gasteiger partial charge on any atom is -0.324 e. The highest BCUT2D eigenvalue weighted by Crippen LogP contribution is 2.32. The molecule has 1 unspecified atom stereocenters.